The van der Waals surface area contributed by atoms with E-state index in [9.17, 15) is 4.79 Å². The monoisotopic (exact) mass is 368 g/mol. The molecule has 1 heterocycles. The number of amides is 1. The molecule has 5 heteroatoms. The first-order chi connectivity index (χ1) is 10.5. The van der Waals surface area contributed by atoms with Crippen LogP contribution in [0.15, 0.2) is 22.7 Å². The summed E-state index contributed by atoms with van der Waals surface area (Å²) in [6.07, 6.45) is 3.39. The van der Waals surface area contributed by atoms with Gasteiger partial charge in [-0.25, -0.2) is 0 Å². The van der Waals surface area contributed by atoms with Crippen LogP contribution in [0, 0.1) is 5.92 Å². The third-order valence-corrected chi connectivity index (χ3v) is 4.90. The largest absolute Gasteiger partial charge is 0.496 e. The zero-order valence-corrected chi connectivity index (χ0v) is 14.9. The molecule has 0 unspecified atom stereocenters. The van der Waals surface area contributed by atoms with E-state index in [1.54, 1.807) is 7.11 Å². The van der Waals surface area contributed by atoms with Crippen LogP contribution in [0.2, 0.25) is 0 Å². The minimum absolute atomic E-state index is 0.153. The normalized spacial score (nSPS) is 19.8. The molecule has 1 fully saturated rings. The summed E-state index contributed by atoms with van der Waals surface area (Å²) in [5, 5.41) is 0. The second-order valence-corrected chi connectivity index (χ2v) is 6.97. The number of aryl methyl sites for hydroxylation is 1. The van der Waals surface area contributed by atoms with Crippen molar-refractivity contribution >= 4 is 21.8 Å². The van der Waals surface area contributed by atoms with Crippen LogP contribution in [-0.4, -0.2) is 37.0 Å². The third-order valence-electron chi connectivity index (χ3n) is 4.40. The number of likely N-dealkylation sites (tertiary alicyclic amines) is 1. The standard InChI is InChI=1S/C17H25BrN2O2/c1-12(19)14-4-3-9-20(11-14)17(21)8-5-13-10-15(18)6-7-16(13)22-2/h6-7,10,12,14H,3-5,8-9,11,19H2,1-2H3/t12-,14+/m0/s1. The highest BCUT2D eigenvalue weighted by atomic mass is 79.9. The highest BCUT2D eigenvalue weighted by molar-refractivity contribution is 9.10. The van der Waals surface area contributed by atoms with Gasteiger partial charge in [0.1, 0.15) is 5.75 Å². The Morgan fingerprint density at radius 1 is 1.55 bits per heavy atom. The van der Waals surface area contributed by atoms with Crippen LogP contribution in [-0.2, 0) is 11.2 Å². The van der Waals surface area contributed by atoms with Gasteiger partial charge >= 0.3 is 0 Å². The number of nitrogens with zero attached hydrogens (tertiary/aromatic N) is 1. The minimum Gasteiger partial charge on any atom is -0.496 e. The molecule has 1 aromatic carbocycles. The van der Waals surface area contributed by atoms with Crippen molar-refractivity contribution in [1.29, 1.82) is 0 Å². The van der Waals surface area contributed by atoms with Gasteiger partial charge in [0.05, 0.1) is 7.11 Å². The quantitative estimate of drug-likeness (QED) is 0.868. The number of hydrogen-bond donors (Lipinski definition) is 1. The van der Waals surface area contributed by atoms with Crippen LogP contribution >= 0.6 is 15.9 Å². The molecular formula is C17H25BrN2O2. The molecule has 0 radical (unpaired) electrons. The second kappa shape index (κ2) is 7.97. The van der Waals surface area contributed by atoms with E-state index in [1.165, 1.54) is 0 Å². The molecule has 0 saturated carbocycles. The molecule has 1 saturated heterocycles. The van der Waals surface area contributed by atoms with E-state index >= 15 is 0 Å². The number of halogens is 1. The number of rotatable bonds is 5. The maximum atomic E-state index is 12.5. The summed E-state index contributed by atoms with van der Waals surface area (Å²) in [6.45, 7) is 3.69. The number of carbonyl (C=O) groups excluding carboxylic acids is 1. The summed E-state index contributed by atoms with van der Waals surface area (Å²) in [6, 6.07) is 6.05. The Kier molecular flexibility index (Phi) is 6.26. The third kappa shape index (κ3) is 4.46. The van der Waals surface area contributed by atoms with Gasteiger partial charge in [-0.2, -0.15) is 0 Å². The van der Waals surface area contributed by atoms with E-state index in [4.69, 9.17) is 10.5 Å². The topological polar surface area (TPSA) is 55.6 Å². The van der Waals surface area contributed by atoms with Crippen LogP contribution < -0.4 is 10.5 Å². The summed E-state index contributed by atoms with van der Waals surface area (Å²) >= 11 is 3.47. The van der Waals surface area contributed by atoms with Crippen molar-refractivity contribution in [2.75, 3.05) is 20.2 Å². The lowest BCUT2D eigenvalue weighted by molar-refractivity contribution is -0.133. The number of piperidine rings is 1. The lowest BCUT2D eigenvalue weighted by Crippen LogP contribution is -2.45. The first-order valence-corrected chi connectivity index (χ1v) is 8.66. The first kappa shape index (κ1) is 17.3. The molecule has 1 amide bonds. The van der Waals surface area contributed by atoms with Crippen molar-refractivity contribution in [3.05, 3.63) is 28.2 Å². The number of carbonyl (C=O) groups is 1. The van der Waals surface area contributed by atoms with Gasteiger partial charge in [0.25, 0.3) is 0 Å². The summed E-state index contributed by atoms with van der Waals surface area (Å²) in [5.74, 6) is 1.48. The fourth-order valence-corrected chi connectivity index (χ4v) is 3.42. The smallest absolute Gasteiger partial charge is 0.222 e. The van der Waals surface area contributed by atoms with Gasteiger partial charge in [-0.15, -0.1) is 0 Å². The lowest BCUT2D eigenvalue weighted by Gasteiger charge is -2.34. The average Bonchev–Trinajstić information content (AvgIpc) is 2.52. The van der Waals surface area contributed by atoms with Gasteiger partial charge in [0.15, 0.2) is 0 Å². The Labute approximate surface area is 141 Å². The van der Waals surface area contributed by atoms with E-state index < -0.39 is 0 Å². The number of hydrogen-bond acceptors (Lipinski definition) is 3. The molecule has 0 bridgehead atoms. The van der Waals surface area contributed by atoms with Gasteiger partial charge in [-0.05, 0) is 55.9 Å². The zero-order valence-electron chi connectivity index (χ0n) is 13.3. The number of benzene rings is 1. The Balaban J connectivity index is 1.94. The predicted octanol–water partition coefficient (Wildman–Crippen LogP) is 2.98. The van der Waals surface area contributed by atoms with Crippen molar-refractivity contribution in [1.82, 2.24) is 4.90 Å². The molecule has 2 rings (SSSR count). The summed E-state index contributed by atoms with van der Waals surface area (Å²) in [7, 11) is 1.66. The van der Waals surface area contributed by atoms with E-state index in [1.807, 2.05) is 30.0 Å². The molecule has 22 heavy (non-hydrogen) atoms. The molecular weight excluding hydrogens is 344 g/mol. The number of ether oxygens (including phenoxy) is 1. The van der Waals surface area contributed by atoms with Crippen LogP contribution in [0.25, 0.3) is 0 Å². The van der Waals surface area contributed by atoms with E-state index in [0.717, 1.165) is 41.7 Å². The van der Waals surface area contributed by atoms with Crippen molar-refractivity contribution < 1.29 is 9.53 Å². The summed E-state index contributed by atoms with van der Waals surface area (Å²) in [4.78, 5) is 14.4. The molecule has 2 N–H and O–H groups in total. The van der Waals surface area contributed by atoms with E-state index in [-0.39, 0.29) is 11.9 Å². The Hall–Kier alpha value is -1.07. The Bertz CT molecular complexity index is 519. The van der Waals surface area contributed by atoms with Crippen LogP contribution in [0.3, 0.4) is 0 Å². The first-order valence-electron chi connectivity index (χ1n) is 7.87. The van der Waals surface area contributed by atoms with Crippen molar-refractivity contribution in [2.45, 2.75) is 38.6 Å². The number of nitrogens with two attached hydrogens (primary N) is 1. The number of methoxy groups -OCH3 is 1. The van der Waals surface area contributed by atoms with Gasteiger partial charge in [-0.3, -0.25) is 4.79 Å². The zero-order chi connectivity index (χ0) is 16.1. The molecule has 0 spiro atoms. The predicted molar refractivity (Wildman–Crippen MR) is 92.0 cm³/mol. The molecule has 1 aromatic rings. The van der Waals surface area contributed by atoms with Crippen LogP contribution in [0.1, 0.15) is 31.7 Å². The maximum Gasteiger partial charge on any atom is 0.222 e. The second-order valence-electron chi connectivity index (χ2n) is 6.06. The fourth-order valence-electron chi connectivity index (χ4n) is 3.01. The molecule has 122 valence electrons. The average molecular weight is 369 g/mol. The molecule has 2 atom stereocenters. The van der Waals surface area contributed by atoms with Gasteiger partial charge in [-0.1, -0.05) is 15.9 Å². The van der Waals surface area contributed by atoms with Crippen LogP contribution in [0.4, 0.5) is 0 Å². The van der Waals surface area contributed by atoms with E-state index in [0.29, 0.717) is 18.8 Å². The fraction of sp³-hybridized carbons (Fsp3) is 0.588. The highest BCUT2D eigenvalue weighted by Gasteiger charge is 2.25. The minimum atomic E-state index is 0.153. The Morgan fingerprint density at radius 3 is 3.00 bits per heavy atom. The van der Waals surface area contributed by atoms with Gasteiger partial charge in [0.2, 0.25) is 5.91 Å². The summed E-state index contributed by atoms with van der Waals surface area (Å²) in [5.41, 5.74) is 7.05. The summed E-state index contributed by atoms with van der Waals surface area (Å²) < 4.78 is 6.37. The van der Waals surface area contributed by atoms with E-state index in [2.05, 4.69) is 15.9 Å². The van der Waals surface area contributed by atoms with Crippen molar-refractivity contribution in [2.24, 2.45) is 11.7 Å². The molecule has 1 aliphatic rings. The van der Waals surface area contributed by atoms with Crippen molar-refractivity contribution in [3.8, 4) is 5.75 Å². The molecule has 0 aromatic heterocycles. The highest BCUT2D eigenvalue weighted by Crippen LogP contribution is 2.25. The molecule has 0 aliphatic carbocycles. The van der Waals surface area contributed by atoms with Crippen LogP contribution in [0.5, 0.6) is 5.75 Å². The maximum absolute atomic E-state index is 12.5. The Morgan fingerprint density at radius 2 is 2.32 bits per heavy atom. The lowest BCUT2D eigenvalue weighted by atomic mass is 9.92. The molecule has 4 nitrogen and oxygen atoms in total. The van der Waals surface area contributed by atoms with Gasteiger partial charge < -0.3 is 15.4 Å². The van der Waals surface area contributed by atoms with Gasteiger partial charge in [0, 0.05) is 30.0 Å². The SMILES string of the molecule is COc1ccc(Br)cc1CCC(=O)N1CCC[C@@H]([C@H](C)N)C1. The van der Waals surface area contributed by atoms with Crippen molar-refractivity contribution in [3.63, 3.8) is 0 Å². The molecule has 1 aliphatic heterocycles.